The lowest BCUT2D eigenvalue weighted by Crippen LogP contribution is -2.16. The number of ether oxygens (including phenoxy) is 1. The maximum absolute atomic E-state index is 12.2. The molecule has 0 aliphatic rings. The third kappa shape index (κ3) is 4.49. The van der Waals surface area contributed by atoms with Crippen molar-refractivity contribution in [2.75, 3.05) is 0 Å². The average Bonchev–Trinajstić information content (AvgIpc) is 3.05. The molecule has 8 heteroatoms. The first-order valence-corrected chi connectivity index (χ1v) is 10.4. The molecule has 0 amide bonds. The zero-order valence-electron chi connectivity index (χ0n) is 16.9. The number of rotatable bonds is 5. The van der Waals surface area contributed by atoms with Crippen LogP contribution >= 0.6 is 15.9 Å². The Labute approximate surface area is 186 Å². The summed E-state index contributed by atoms with van der Waals surface area (Å²) in [6.45, 7) is 3.75. The molecule has 0 fully saturated rings. The molecular formula is C23H19BrN4O3. The molecule has 0 bridgehead atoms. The number of fused-ring (bicyclic) bond motifs is 1. The Hall–Kier alpha value is -3.52. The number of benzene rings is 1. The minimum atomic E-state index is -0.524. The zero-order chi connectivity index (χ0) is 22.0. The summed E-state index contributed by atoms with van der Waals surface area (Å²) in [7, 11) is 0. The number of esters is 1. The first-order chi connectivity index (χ1) is 14.9. The first kappa shape index (κ1) is 20.7. The maximum atomic E-state index is 12.2. The highest BCUT2D eigenvalue weighted by Gasteiger charge is 2.11. The minimum Gasteiger partial charge on any atom is -0.456 e. The summed E-state index contributed by atoms with van der Waals surface area (Å²) < 4.78 is 9.31. The van der Waals surface area contributed by atoms with Crippen molar-refractivity contribution in [1.29, 1.82) is 0 Å². The number of pyridine rings is 1. The molecule has 1 aromatic carbocycles. The summed E-state index contributed by atoms with van der Waals surface area (Å²) in [4.78, 5) is 28.8. The van der Waals surface area contributed by atoms with Gasteiger partial charge in [0.2, 0.25) is 0 Å². The number of carbonyl (C=O) groups excluding carboxylic acids is 1. The fraction of sp³-hybridized carbons (Fsp3) is 0.130. The number of para-hydroxylation sites is 1. The number of hydrogen-bond acceptors (Lipinski definition) is 5. The Bertz CT molecular complexity index is 1360. The Morgan fingerprint density at radius 1 is 1.16 bits per heavy atom. The SMILES string of the molecule is Cc1nn(-c2ccccc2)c(C)c1/C=C/C(=O)OCc1cc(=O)n2cc(Br)ccc2n1. The molecule has 0 saturated carbocycles. The average molecular weight is 479 g/mol. The van der Waals surface area contributed by atoms with Crippen LogP contribution in [0.5, 0.6) is 0 Å². The van der Waals surface area contributed by atoms with Crippen molar-refractivity contribution in [2.45, 2.75) is 20.5 Å². The van der Waals surface area contributed by atoms with Gasteiger partial charge in [-0.2, -0.15) is 5.10 Å². The quantitative estimate of drug-likeness (QED) is 0.319. The summed E-state index contributed by atoms with van der Waals surface area (Å²) in [5, 5.41) is 4.56. The lowest BCUT2D eigenvalue weighted by molar-refractivity contribution is -0.139. The van der Waals surface area contributed by atoms with Crippen molar-refractivity contribution in [1.82, 2.24) is 19.2 Å². The normalized spacial score (nSPS) is 11.3. The molecule has 0 N–H and O–H groups in total. The summed E-state index contributed by atoms with van der Waals surface area (Å²) >= 11 is 3.33. The largest absolute Gasteiger partial charge is 0.456 e. The number of nitrogens with zero attached hydrogens (tertiary/aromatic N) is 4. The van der Waals surface area contributed by atoms with Crippen molar-refractivity contribution in [3.8, 4) is 5.69 Å². The van der Waals surface area contributed by atoms with Crippen molar-refractivity contribution in [3.05, 3.63) is 98.3 Å². The van der Waals surface area contributed by atoms with E-state index in [9.17, 15) is 9.59 Å². The Balaban J connectivity index is 1.47. The van der Waals surface area contributed by atoms with Gasteiger partial charge in [0.05, 0.1) is 17.1 Å². The molecule has 0 spiro atoms. The van der Waals surface area contributed by atoms with Gasteiger partial charge in [-0.05, 0) is 60.1 Å². The molecule has 4 aromatic rings. The zero-order valence-corrected chi connectivity index (χ0v) is 18.5. The van der Waals surface area contributed by atoms with Crippen LogP contribution in [0.25, 0.3) is 17.4 Å². The highest BCUT2D eigenvalue weighted by atomic mass is 79.9. The summed E-state index contributed by atoms with van der Waals surface area (Å²) in [5.41, 5.74) is 4.16. The topological polar surface area (TPSA) is 78.5 Å². The molecule has 0 unspecified atom stereocenters. The van der Waals surface area contributed by atoms with Crippen LogP contribution in [0.15, 0.2) is 70.1 Å². The first-order valence-electron chi connectivity index (χ1n) is 9.57. The lowest BCUT2D eigenvalue weighted by Gasteiger charge is -2.05. The molecule has 0 atom stereocenters. The highest BCUT2D eigenvalue weighted by Crippen LogP contribution is 2.19. The number of aromatic nitrogens is 4. The van der Waals surface area contributed by atoms with Crippen molar-refractivity contribution >= 4 is 33.6 Å². The van der Waals surface area contributed by atoms with E-state index in [2.05, 4.69) is 26.0 Å². The van der Waals surface area contributed by atoms with Gasteiger partial charge in [-0.15, -0.1) is 0 Å². The van der Waals surface area contributed by atoms with E-state index in [1.165, 1.54) is 16.5 Å². The predicted molar refractivity (Wildman–Crippen MR) is 121 cm³/mol. The second-order valence-corrected chi connectivity index (χ2v) is 7.85. The predicted octanol–water partition coefficient (Wildman–Crippen LogP) is 4.02. The van der Waals surface area contributed by atoms with E-state index in [0.29, 0.717) is 11.3 Å². The standard InChI is InChI=1S/C23H19BrN4O3/c1-15-20(16(2)28(26-15)19-6-4-3-5-7-19)9-11-23(30)31-14-18-12-22(29)27-13-17(24)8-10-21(27)25-18/h3-13H,14H2,1-2H3/b11-9+. The van der Waals surface area contributed by atoms with Crippen LogP contribution in [-0.4, -0.2) is 25.1 Å². The van der Waals surface area contributed by atoms with Gasteiger partial charge < -0.3 is 4.74 Å². The third-order valence-corrected chi connectivity index (χ3v) is 5.24. The van der Waals surface area contributed by atoms with Crippen LogP contribution in [0.3, 0.4) is 0 Å². The van der Waals surface area contributed by atoms with E-state index >= 15 is 0 Å². The van der Waals surface area contributed by atoms with E-state index in [4.69, 9.17) is 4.74 Å². The van der Waals surface area contributed by atoms with Gasteiger partial charge in [-0.3, -0.25) is 9.20 Å². The Kier molecular flexibility index (Phi) is 5.81. The highest BCUT2D eigenvalue weighted by molar-refractivity contribution is 9.10. The lowest BCUT2D eigenvalue weighted by atomic mass is 10.2. The van der Waals surface area contributed by atoms with Gasteiger partial charge in [0.25, 0.3) is 5.56 Å². The number of hydrogen-bond donors (Lipinski definition) is 0. The molecule has 4 rings (SSSR count). The summed E-state index contributed by atoms with van der Waals surface area (Å²) in [5.74, 6) is -0.524. The monoisotopic (exact) mass is 478 g/mol. The van der Waals surface area contributed by atoms with Gasteiger partial charge in [0.15, 0.2) is 0 Å². The fourth-order valence-electron chi connectivity index (χ4n) is 3.26. The van der Waals surface area contributed by atoms with Crippen LogP contribution in [-0.2, 0) is 16.1 Å². The molecule has 31 heavy (non-hydrogen) atoms. The Morgan fingerprint density at radius 3 is 2.71 bits per heavy atom. The second-order valence-electron chi connectivity index (χ2n) is 6.93. The van der Waals surface area contributed by atoms with Gasteiger partial charge in [0, 0.05) is 34.1 Å². The maximum Gasteiger partial charge on any atom is 0.331 e. The van der Waals surface area contributed by atoms with Crippen molar-refractivity contribution < 1.29 is 9.53 Å². The van der Waals surface area contributed by atoms with Crippen molar-refractivity contribution in [3.63, 3.8) is 0 Å². The van der Waals surface area contributed by atoms with Gasteiger partial charge in [-0.25, -0.2) is 14.5 Å². The van der Waals surface area contributed by atoms with Gasteiger partial charge >= 0.3 is 5.97 Å². The van der Waals surface area contributed by atoms with Gasteiger partial charge in [-0.1, -0.05) is 18.2 Å². The van der Waals surface area contributed by atoms with Crippen LogP contribution in [0.2, 0.25) is 0 Å². The number of halogens is 1. The van der Waals surface area contributed by atoms with E-state index < -0.39 is 5.97 Å². The summed E-state index contributed by atoms with van der Waals surface area (Å²) in [6, 6.07) is 14.7. The molecule has 3 aromatic heterocycles. The molecule has 0 radical (unpaired) electrons. The molecule has 0 saturated heterocycles. The van der Waals surface area contributed by atoms with Crippen molar-refractivity contribution in [2.24, 2.45) is 0 Å². The van der Waals surface area contributed by atoms with E-state index in [1.54, 1.807) is 24.4 Å². The third-order valence-electron chi connectivity index (χ3n) is 4.77. The number of carbonyl (C=O) groups is 1. The molecule has 3 heterocycles. The molecular weight excluding hydrogens is 460 g/mol. The Morgan fingerprint density at radius 2 is 1.94 bits per heavy atom. The van der Waals surface area contributed by atoms with Crippen LogP contribution < -0.4 is 5.56 Å². The van der Waals surface area contributed by atoms with E-state index in [1.807, 2.05) is 48.9 Å². The molecule has 156 valence electrons. The fourth-order valence-corrected chi connectivity index (χ4v) is 3.60. The van der Waals surface area contributed by atoms with E-state index in [0.717, 1.165) is 27.1 Å². The molecule has 0 aliphatic heterocycles. The minimum absolute atomic E-state index is 0.0911. The van der Waals surface area contributed by atoms with Crippen LogP contribution in [0.1, 0.15) is 22.6 Å². The molecule has 0 aliphatic carbocycles. The second kappa shape index (κ2) is 8.69. The van der Waals surface area contributed by atoms with Gasteiger partial charge in [0.1, 0.15) is 12.3 Å². The van der Waals surface area contributed by atoms with Crippen LogP contribution in [0, 0.1) is 13.8 Å². The van der Waals surface area contributed by atoms with Crippen LogP contribution in [0.4, 0.5) is 0 Å². The summed E-state index contributed by atoms with van der Waals surface area (Å²) in [6.07, 6.45) is 4.69. The molecule has 7 nitrogen and oxygen atoms in total. The van der Waals surface area contributed by atoms with E-state index in [-0.39, 0.29) is 12.2 Å². The number of aryl methyl sites for hydroxylation is 1. The smallest absolute Gasteiger partial charge is 0.331 e.